The highest BCUT2D eigenvalue weighted by atomic mass is 32.2. The summed E-state index contributed by atoms with van der Waals surface area (Å²) in [4.78, 5) is 13.3. The second kappa shape index (κ2) is 7.28. The second-order valence-electron chi connectivity index (χ2n) is 5.00. The Bertz CT molecular complexity index is 654. The van der Waals surface area contributed by atoms with E-state index in [1.54, 1.807) is 17.8 Å². The minimum Gasteiger partial charge on any atom is -0.289 e. The predicted octanol–water partition coefficient (Wildman–Crippen LogP) is 5.31. The number of carbonyl (C=O) groups excluding carboxylic acids is 1. The van der Waals surface area contributed by atoms with E-state index in [9.17, 15) is 4.79 Å². The van der Waals surface area contributed by atoms with Gasteiger partial charge in [-0.05, 0) is 66.6 Å². The molecule has 2 aromatic rings. The van der Waals surface area contributed by atoms with Crippen molar-refractivity contribution in [2.75, 3.05) is 5.75 Å². The van der Waals surface area contributed by atoms with Crippen LogP contribution in [-0.4, -0.2) is 11.5 Å². The van der Waals surface area contributed by atoms with E-state index in [4.69, 9.17) is 0 Å². The Kier molecular flexibility index (Phi) is 5.40. The number of carbonyl (C=O) groups is 1. The molecule has 0 saturated carbocycles. The summed E-state index contributed by atoms with van der Waals surface area (Å²) < 4.78 is 0. The fourth-order valence-corrected chi connectivity index (χ4v) is 2.68. The number of aryl methyl sites for hydroxylation is 2. The third-order valence-corrected chi connectivity index (χ3v) is 4.30. The van der Waals surface area contributed by atoms with E-state index in [0.29, 0.717) is 0 Å². The molecule has 0 unspecified atom stereocenters. The van der Waals surface area contributed by atoms with E-state index in [2.05, 4.69) is 32.9 Å². The van der Waals surface area contributed by atoms with Crippen LogP contribution in [0.3, 0.4) is 0 Å². The molecular formula is C19H20OS. The molecule has 0 amide bonds. The average Bonchev–Trinajstić information content (AvgIpc) is 2.49. The number of hydrogen-bond acceptors (Lipinski definition) is 2. The Morgan fingerprint density at radius 1 is 1.05 bits per heavy atom. The van der Waals surface area contributed by atoms with Gasteiger partial charge >= 0.3 is 0 Å². The van der Waals surface area contributed by atoms with Crippen molar-refractivity contribution in [3.8, 4) is 0 Å². The number of allylic oxidation sites excluding steroid dienone is 1. The lowest BCUT2D eigenvalue weighted by Gasteiger charge is -2.01. The maximum absolute atomic E-state index is 12.1. The lowest BCUT2D eigenvalue weighted by atomic mass is 10.0. The summed E-state index contributed by atoms with van der Waals surface area (Å²) in [6.45, 7) is 6.29. The molecule has 0 N–H and O–H groups in total. The Balaban J connectivity index is 2.09. The highest BCUT2D eigenvalue weighted by molar-refractivity contribution is 7.99. The molecule has 108 valence electrons. The van der Waals surface area contributed by atoms with E-state index in [0.717, 1.165) is 16.9 Å². The van der Waals surface area contributed by atoms with Gasteiger partial charge in [-0.1, -0.05) is 31.2 Å². The van der Waals surface area contributed by atoms with Gasteiger partial charge in [0.25, 0.3) is 0 Å². The zero-order valence-corrected chi connectivity index (χ0v) is 13.5. The van der Waals surface area contributed by atoms with Crippen LogP contribution in [0.2, 0.25) is 0 Å². The van der Waals surface area contributed by atoms with Crippen molar-refractivity contribution in [3.05, 3.63) is 70.8 Å². The zero-order chi connectivity index (χ0) is 15.2. The van der Waals surface area contributed by atoms with Crippen LogP contribution in [-0.2, 0) is 0 Å². The molecule has 0 radical (unpaired) electrons. The number of rotatable bonds is 5. The molecule has 1 nitrogen and oxygen atoms in total. The third-order valence-electron chi connectivity index (χ3n) is 3.41. The molecule has 21 heavy (non-hydrogen) atoms. The molecule has 0 aliphatic carbocycles. The van der Waals surface area contributed by atoms with Gasteiger partial charge in [-0.3, -0.25) is 4.79 Å². The summed E-state index contributed by atoms with van der Waals surface area (Å²) in [6, 6.07) is 14.0. The van der Waals surface area contributed by atoms with Gasteiger partial charge in [0, 0.05) is 10.5 Å². The molecule has 0 aliphatic heterocycles. The Labute approximate surface area is 131 Å². The maximum Gasteiger partial charge on any atom is 0.185 e. The number of benzene rings is 2. The van der Waals surface area contributed by atoms with Crippen molar-refractivity contribution >= 4 is 23.6 Å². The fraction of sp³-hybridized carbons (Fsp3) is 0.211. The van der Waals surface area contributed by atoms with Gasteiger partial charge in [-0.25, -0.2) is 0 Å². The van der Waals surface area contributed by atoms with E-state index in [-0.39, 0.29) is 5.78 Å². The van der Waals surface area contributed by atoms with Crippen molar-refractivity contribution in [2.45, 2.75) is 25.7 Å². The van der Waals surface area contributed by atoms with Crippen LogP contribution >= 0.6 is 11.8 Å². The normalized spacial score (nSPS) is 11.0. The highest BCUT2D eigenvalue weighted by Gasteiger charge is 2.02. The van der Waals surface area contributed by atoms with Crippen molar-refractivity contribution < 1.29 is 4.79 Å². The quantitative estimate of drug-likeness (QED) is 0.422. The van der Waals surface area contributed by atoms with Crippen LogP contribution in [0.5, 0.6) is 0 Å². The standard InChI is InChI=1S/C19H20OS/c1-4-21-18-10-8-17(9-11-18)19(20)12-7-16-6-5-14(2)15(3)13-16/h5-13H,4H2,1-3H3/b12-7+. The predicted molar refractivity (Wildman–Crippen MR) is 92.1 cm³/mol. The summed E-state index contributed by atoms with van der Waals surface area (Å²) in [5.74, 6) is 1.08. The zero-order valence-electron chi connectivity index (χ0n) is 12.7. The van der Waals surface area contributed by atoms with Gasteiger partial charge in [0.05, 0.1) is 0 Å². The summed E-state index contributed by atoms with van der Waals surface area (Å²) in [5, 5.41) is 0. The van der Waals surface area contributed by atoms with Crippen molar-refractivity contribution in [2.24, 2.45) is 0 Å². The Morgan fingerprint density at radius 2 is 1.76 bits per heavy atom. The van der Waals surface area contributed by atoms with E-state index >= 15 is 0 Å². The fourth-order valence-electron chi connectivity index (χ4n) is 2.02. The van der Waals surface area contributed by atoms with Gasteiger partial charge < -0.3 is 0 Å². The molecule has 0 saturated heterocycles. The van der Waals surface area contributed by atoms with E-state index < -0.39 is 0 Å². The minimum atomic E-state index is 0.0428. The van der Waals surface area contributed by atoms with Crippen molar-refractivity contribution in [3.63, 3.8) is 0 Å². The van der Waals surface area contributed by atoms with Gasteiger partial charge in [-0.2, -0.15) is 0 Å². The van der Waals surface area contributed by atoms with Gasteiger partial charge in [-0.15, -0.1) is 11.8 Å². The average molecular weight is 296 g/mol. The largest absolute Gasteiger partial charge is 0.289 e. The molecule has 2 rings (SSSR count). The minimum absolute atomic E-state index is 0.0428. The Morgan fingerprint density at radius 3 is 2.38 bits per heavy atom. The first-order valence-electron chi connectivity index (χ1n) is 7.12. The first kappa shape index (κ1) is 15.6. The molecule has 0 spiro atoms. The van der Waals surface area contributed by atoms with Crippen molar-refractivity contribution in [1.82, 2.24) is 0 Å². The summed E-state index contributed by atoms with van der Waals surface area (Å²) in [5.41, 5.74) is 4.30. The molecular weight excluding hydrogens is 276 g/mol. The summed E-state index contributed by atoms with van der Waals surface area (Å²) in [7, 11) is 0. The molecule has 2 aromatic carbocycles. The van der Waals surface area contributed by atoms with Crippen LogP contribution in [0, 0.1) is 13.8 Å². The van der Waals surface area contributed by atoms with Crippen molar-refractivity contribution in [1.29, 1.82) is 0 Å². The first-order chi connectivity index (χ1) is 10.1. The molecule has 0 heterocycles. The topological polar surface area (TPSA) is 17.1 Å². The van der Waals surface area contributed by atoms with Crippen LogP contribution in [0.25, 0.3) is 6.08 Å². The first-order valence-corrected chi connectivity index (χ1v) is 8.11. The number of hydrogen-bond donors (Lipinski definition) is 0. The van der Waals surface area contributed by atoms with Gasteiger partial charge in [0.1, 0.15) is 0 Å². The van der Waals surface area contributed by atoms with Crippen LogP contribution in [0.15, 0.2) is 53.4 Å². The lowest BCUT2D eigenvalue weighted by molar-refractivity contribution is 0.104. The SMILES string of the molecule is CCSc1ccc(C(=O)/C=C/c2ccc(C)c(C)c2)cc1. The van der Waals surface area contributed by atoms with Gasteiger partial charge in [0.2, 0.25) is 0 Å². The number of ketones is 1. The molecule has 0 atom stereocenters. The highest BCUT2D eigenvalue weighted by Crippen LogP contribution is 2.18. The molecule has 2 heteroatoms. The molecule has 0 aromatic heterocycles. The van der Waals surface area contributed by atoms with Crippen LogP contribution in [0.1, 0.15) is 34.0 Å². The smallest absolute Gasteiger partial charge is 0.185 e. The lowest BCUT2D eigenvalue weighted by Crippen LogP contribution is -1.93. The van der Waals surface area contributed by atoms with Gasteiger partial charge in [0.15, 0.2) is 5.78 Å². The van der Waals surface area contributed by atoms with E-state index in [1.165, 1.54) is 16.0 Å². The molecule has 0 fully saturated rings. The van der Waals surface area contributed by atoms with Crippen LogP contribution < -0.4 is 0 Å². The van der Waals surface area contributed by atoms with E-state index in [1.807, 2.05) is 36.4 Å². The monoisotopic (exact) mass is 296 g/mol. The van der Waals surface area contributed by atoms with Crippen LogP contribution in [0.4, 0.5) is 0 Å². The molecule has 0 aliphatic rings. The maximum atomic E-state index is 12.1. The number of thioether (sulfide) groups is 1. The molecule has 0 bridgehead atoms. The third kappa shape index (κ3) is 4.33. The summed E-state index contributed by atoms with van der Waals surface area (Å²) >= 11 is 1.78. The second-order valence-corrected chi connectivity index (χ2v) is 6.34. The summed E-state index contributed by atoms with van der Waals surface area (Å²) in [6.07, 6.45) is 3.52. The Hall–Kier alpha value is -1.80.